The average Bonchev–Trinajstić information content (AvgIpc) is 2.13. The van der Waals surface area contributed by atoms with Crippen LogP contribution in [0.4, 0.5) is 0 Å². The molecular weight excluding hydrogens is 198 g/mol. The lowest BCUT2D eigenvalue weighted by Gasteiger charge is -2.35. The number of allylic oxidation sites excluding steroid dienone is 4. The number of hydrogen-bond acceptors (Lipinski definition) is 2. The molecule has 2 heteroatoms. The van der Waals surface area contributed by atoms with E-state index < -0.39 is 0 Å². The Kier molecular flexibility index (Phi) is 3.41. The molecule has 0 radical (unpaired) electrons. The van der Waals surface area contributed by atoms with Crippen LogP contribution in [-0.4, -0.2) is 0 Å². The molecule has 1 rings (SSSR count). The van der Waals surface area contributed by atoms with E-state index in [1.807, 2.05) is 0 Å². The Morgan fingerprint density at radius 1 is 1.19 bits per heavy atom. The second-order valence-electron chi connectivity index (χ2n) is 6.70. The van der Waals surface area contributed by atoms with E-state index in [-0.39, 0.29) is 16.7 Å². The molecular formula is C14H23NO. The highest BCUT2D eigenvalue weighted by atomic mass is 16.3. The predicted octanol–water partition coefficient (Wildman–Crippen LogP) is 4.68. The van der Waals surface area contributed by atoms with Gasteiger partial charge in [0.05, 0.1) is 5.70 Å². The van der Waals surface area contributed by atoms with Crippen LogP contribution in [0.25, 0.3) is 0 Å². The molecule has 0 aromatic carbocycles. The van der Waals surface area contributed by atoms with Gasteiger partial charge in [0.1, 0.15) is 0 Å². The summed E-state index contributed by atoms with van der Waals surface area (Å²) in [7, 11) is 0. The zero-order chi connectivity index (χ0) is 12.6. The van der Waals surface area contributed by atoms with Crippen LogP contribution in [0.3, 0.4) is 0 Å². The van der Waals surface area contributed by atoms with Crippen molar-refractivity contribution in [1.82, 2.24) is 0 Å². The number of hydrogen-bond donors (Lipinski definition) is 0. The van der Waals surface area contributed by atoms with E-state index in [0.717, 1.165) is 17.7 Å². The van der Waals surface area contributed by atoms with E-state index in [1.54, 1.807) is 0 Å². The fourth-order valence-corrected chi connectivity index (χ4v) is 2.22. The highest BCUT2D eigenvalue weighted by Gasteiger charge is 2.34. The molecule has 1 aliphatic rings. The van der Waals surface area contributed by atoms with Crippen molar-refractivity contribution in [1.29, 1.82) is 0 Å². The first-order valence-corrected chi connectivity index (χ1v) is 5.92. The molecule has 0 aromatic heterocycles. The molecule has 0 N–H and O–H groups in total. The van der Waals surface area contributed by atoms with Crippen molar-refractivity contribution in [3.63, 3.8) is 0 Å². The molecule has 1 atom stereocenters. The lowest BCUT2D eigenvalue weighted by molar-refractivity contribution is 0.271. The first-order valence-electron chi connectivity index (χ1n) is 5.92. The van der Waals surface area contributed by atoms with Crippen LogP contribution in [0.1, 0.15) is 48.0 Å². The zero-order valence-corrected chi connectivity index (χ0v) is 11.3. The van der Waals surface area contributed by atoms with Gasteiger partial charge >= 0.3 is 0 Å². The van der Waals surface area contributed by atoms with Gasteiger partial charge in [-0.1, -0.05) is 53.7 Å². The molecule has 1 aliphatic carbocycles. The monoisotopic (exact) mass is 221 g/mol. The minimum absolute atomic E-state index is 0.0103. The minimum atomic E-state index is -0.0103. The molecule has 0 fully saturated rings. The number of rotatable bonds is 1. The molecule has 0 aromatic rings. The summed E-state index contributed by atoms with van der Waals surface area (Å²) in [5.74, 6) is 0.240. The maximum atomic E-state index is 11.1. The van der Waals surface area contributed by atoms with Crippen LogP contribution in [0.5, 0.6) is 0 Å². The third kappa shape index (κ3) is 2.60. The normalized spacial score (nSPS) is 22.5. The van der Waals surface area contributed by atoms with E-state index in [4.69, 9.17) is 0 Å². The standard InChI is InChI=1S/C14H23NO/c1-13(2,3)10-8-7-9-11(12(10)15-16)14(4,5)6/h7-8,11H,9H2,1-6H3. The second-order valence-corrected chi connectivity index (χ2v) is 6.70. The molecule has 1 unspecified atom stereocenters. The summed E-state index contributed by atoms with van der Waals surface area (Å²) >= 11 is 0. The average molecular weight is 221 g/mol. The van der Waals surface area contributed by atoms with Gasteiger partial charge in [0.15, 0.2) is 0 Å². The third-order valence-corrected chi connectivity index (χ3v) is 3.21. The molecule has 2 nitrogen and oxygen atoms in total. The summed E-state index contributed by atoms with van der Waals surface area (Å²) in [6.07, 6.45) is 5.16. The van der Waals surface area contributed by atoms with E-state index in [0.29, 0.717) is 0 Å². The number of nitroso groups, excluding NO2 is 1. The van der Waals surface area contributed by atoms with Gasteiger partial charge in [-0.25, -0.2) is 0 Å². The summed E-state index contributed by atoms with van der Waals surface area (Å²) in [5, 5.41) is 3.32. The van der Waals surface area contributed by atoms with Crippen LogP contribution in [0.15, 0.2) is 28.6 Å². The molecule has 0 spiro atoms. The Morgan fingerprint density at radius 3 is 2.12 bits per heavy atom. The van der Waals surface area contributed by atoms with E-state index >= 15 is 0 Å². The first kappa shape index (κ1) is 13.1. The molecule has 0 aliphatic heterocycles. The second kappa shape index (κ2) is 4.15. The van der Waals surface area contributed by atoms with Crippen molar-refractivity contribution in [3.05, 3.63) is 28.3 Å². The Bertz CT molecular complexity index is 337. The predicted molar refractivity (Wildman–Crippen MR) is 69.0 cm³/mol. The topological polar surface area (TPSA) is 29.4 Å². The van der Waals surface area contributed by atoms with E-state index in [1.165, 1.54) is 0 Å². The Hall–Kier alpha value is -0.920. The van der Waals surface area contributed by atoms with Gasteiger partial charge in [-0.3, -0.25) is 0 Å². The fraction of sp³-hybridized carbons (Fsp3) is 0.714. The first-order chi connectivity index (χ1) is 7.18. The minimum Gasteiger partial charge on any atom is -0.145 e. The highest BCUT2D eigenvalue weighted by Crippen LogP contribution is 2.43. The van der Waals surface area contributed by atoms with E-state index in [2.05, 4.69) is 58.9 Å². The number of nitrogens with zero attached hydrogens (tertiary/aromatic N) is 1. The molecule has 0 bridgehead atoms. The molecule has 90 valence electrons. The van der Waals surface area contributed by atoms with Gasteiger partial charge in [-0.15, -0.1) is 4.91 Å². The van der Waals surface area contributed by atoms with Gasteiger partial charge in [-0.05, 0) is 28.0 Å². The third-order valence-electron chi connectivity index (χ3n) is 3.21. The maximum absolute atomic E-state index is 11.1. The summed E-state index contributed by atoms with van der Waals surface area (Å²) in [4.78, 5) is 11.1. The SMILES string of the molecule is CC(C)(C)C1=C(N=O)C(C(C)(C)C)CC=C1. The lowest BCUT2D eigenvalue weighted by Crippen LogP contribution is -2.26. The van der Waals surface area contributed by atoms with Gasteiger partial charge in [0, 0.05) is 5.92 Å². The molecule has 0 saturated heterocycles. The maximum Gasteiger partial charge on any atom is 0.0925 e. The quantitative estimate of drug-likeness (QED) is 0.591. The summed E-state index contributed by atoms with van der Waals surface area (Å²) in [5.41, 5.74) is 1.92. The van der Waals surface area contributed by atoms with E-state index in [9.17, 15) is 4.91 Å². The summed E-state index contributed by atoms with van der Waals surface area (Å²) < 4.78 is 0. The molecule has 16 heavy (non-hydrogen) atoms. The smallest absolute Gasteiger partial charge is 0.0925 e. The fourth-order valence-electron chi connectivity index (χ4n) is 2.22. The lowest BCUT2D eigenvalue weighted by atomic mass is 9.70. The highest BCUT2D eigenvalue weighted by molar-refractivity contribution is 5.35. The Balaban J connectivity index is 3.26. The Morgan fingerprint density at radius 2 is 1.75 bits per heavy atom. The van der Waals surface area contributed by atoms with Crippen molar-refractivity contribution in [2.75, 3.05) is 0 Å². The molecule has 0 amide bonds. The van der Waals surface area contributed by atoms with Crippen LogP contribution < -0.4 is 0 Å². The zero-order valence-electron chi connectivity index (χ0n) is 11.3. The van der Waals surface area contributed by atoms with Crippen LogP contribution >= 0.6 is 0 Å². The van der Waals surface area contributed by atoms with Crippen molar-refractivity contribution < 1.29 is 0 Å². The van der Waals surface area contributed by atoms with Crippen LogP contribution in [0, 0.1) is 21.7 Å². The largest absolute Gasteiger partial charge is 0.145 e. The van der Waals surface area contributed by atoms with Crippen LogP contribution in [0.2, 0.25) is 0 Å². The summed E-state index contributed by atoms with van der Waals surface area (Å²) in [6.45, 7) is 12.9. The van der Waals surface area contributed by atoms with Gasteiger partial charge < -0.3 is 0 Å². The van der Waals surface area contributed by atoms with Crippen LogP contribution in [-0.2, 0) is 0 Å². The van der Waals surface area contributed by atoms with Gasteiger partial charge in [0.2, 0.25) is 0 Å². The van der Waals surface area contributed by atoms with Crippen molar-refractivity contribution in [3.8, 4) is 0 Å². The Labute approximate surface area is 98.8 Å². The van der Waals surface area contributed by atoms with Crippen molar-refractivity contribution >= 4 is 0 Å². The van der Waals surface area contributed by atoms with Crippen molar-refractivity contribution in [2.45, 2.75) is 48.0 Å². The van der Waals surface area contributed by atoms with Gasteiger partial charge in [0.25, 0.3) is 0 Å². The summed E-state index contributed by atoms with van der Waals surface area (Å²) in [6, 6.07) is 0. The van der Waals surface area contributed by atoms with Crippen molar-refractivity contribution in [2.24, 2.45) is 21.9 Å². The molecule has 0 saturated carbocycles. The molecule has 0 heterocycles. The van der Waals surface area contributed by atoms with Gasteiger partial charge in [-0.2, -0.15) is 0 Å².